The quantitative estimate of drug-likeness (QED) is 0.563. The Bertz CT molecular complexity index is 771. The highest BCUT2D eigenvalue weighted by molar-refractivity contribution is 7.99. The second kappa shape index (κ2) is 9.54. The lowest BCUT2D eigenvalue weighted by molar-refractivity contribution is -0.136. The third kappa shape index (κ3) is 4.90. The molecule has 2 saturated carbocycles. The van der Waals surface area contributed by atoms with Crippen LogP contribution < -0.4 is 10.6 Å². The summed E-state index contributed by atoms with van der Waals surface area (Å²) in [5, 5.41) is 6.75. The van der Waals surface area contributed by atoms with Gasteiger partial charge in [-0.3, -0.25) is 9.79 Å². The lowest BCUT2D eigenvalue weighted by Crippen LogP contribution is -2.47. The molecule has 8 heteroatoms. The van der Waals surface area contributed by atoms with Crippen molar-refractivity contribution >= 4 is 23.6 Å². The van der Waals surface area contributed by atoms with E-state index in [4.69, 9.17) is 0 Å². The zero-order chi connectivity index (χ0) is 21.1. The van der Waals surface area contributed by atoms with Crippen LogP contribution in [0.15, 0.2) is 23.2 Å². The van der Waals surface area contributed by atoms with Gasteiger partial charge >= 0.3 is 0 Å². The molecule has 1 amide bonds. The summed E-state index contributed by atoms with van der Waals surface area (Å²) in [4.78, 5) is 19.0. The molecule has 1 heterocycles. The number of thioether (sulfide) groups is 1. The minimum atomic E-state index is -0.484. The van der Waals surface area contributed by atoms with Crippen molar-refractivity contribution in [3.8, 4) is 0 Å². The Kier molecular flexibility index (Phi) is 6.80. The molecule has 1 saturated heterocycles. The van der Waals surface area contributed by atoms with Gasteiger partial charge in [-0.1, -0.05) is 6.07 Å². The molecule has 4 rings (SSSR count). The maximum absolute atomic E-state index is 14.0. The summed E-state index contributed by atoms with van der Waals surface area (Å²) in [5.41, 5.74) is 0.167. The van der Waals surface area contributed by atoms with Crippen LogP contribution in [-0.2, 0) is 4.79 Å². The number of benzene rings is 1. The van der Waals surface area contributed by atoms with Crippen molar-refractivity contribution in [2.24, 2.45) is 10.9 Å². The number of nitrogens with one attached hydrogen (secondary N) is 2. The topological polar surface area (TPSA) is 56.7 Å². The van der Waals surface area contributed by atoms with E-state index in [1.54, 1.807) is 7.05 Å². The molecule has 1 aromatic rings. The van der Waals surface area contributed by atoms with Gasteiger partial charge in [-0.05, 0) is 44.2 Å². The van der Waals surface area contributed by atoms with E-state index >= 15 is 0 Å². The zero-order valence-corrected chi connectivity index (χ0v) is 18.2. The van der Waals surface area contributed by atoms with E-state index in [1.165, 1.54) is 18.2 Å². The Hall–Kier alpha value is -1.83. The molecule has 1 aliphatic heterocycles. The summed E-state index contributed by atoms with van der Waals surface area (Å²) in [6.07, 6.45) is 4.33. The molecule has 2 N–H and O–H groups in total. The van der Waals surface area contributed by atoms with Gasteiger partial charge in [0.2, 0.25) is 5.91 Å². The lowest BCUT2D eigenvalue weighted by Gasteiger charge is -2.34. The first kappa shape index (κ1) is 21.4. The number of amides is 1. The minimum Gasteiger partial charge on any atom is -0.354 e. The predicted molar refractivity (Wildman–Crippen MR) is 117 cm³/mol. The number of halogens is 2. The fourth-order valence-electron chi connectivity index (χ4n) is 4.60. The van der Waals surface area contributed by atoms with Crippen LogP contribution in [-0.4, -0.2) is 60.5 Å². The van der Waals surface area contributed by atoms with Crippen molar-refractivity contribution in [2.45, 2.75) is 50.1 Å². The first-order chi connectivity index (χ1) is 14.6. The number of hydrogen-bond acceptors (Lipinski definition) is 3. The summed E-state index contributed by atoms with van der Waals surface area (Å²) in [5.74, 6) is 2.09. The second-order valence-electron chi connectivity index (χ2n) is 8.43. The summed E-state index contributed by atoms with van der Waals surface area (Å²) < 4.78 is 28.0. The number of hydrogen-bond donors (Lipinski definition) is 2. The Labute approximate surface area is 181 Å². The predicted octanol–water partition coefficient (Wildman–Crippen LogP) is 3.12. The summed E-state index contributed by atoms with van der Waals surface area (Å²) in [7, 11) is 1.71. The average Bonchev–Trinajstić information content (AvgIpc) is 3.52. The van der Waals surface area contributed by atoms with Crippen LogP contribution in [0.5, 0.6) is 0 Å². The third-order valence-corrected chi connectivity index (χ3v) is 7.39. The van der Waals surface area contributed by atoms with Crippen molar-refractivity contribution in [3.05, 3.63) is 35.4 Å². The molecular weight excluding hydrogens is 406 g/mol. The van der Waals surface area contributed by atoms with Crippen molar-refractivity contribution in [1.82, 2.24) is 15.5 Å². The fraction of sp³-hybridized carbons (Fsp3) is 0.636. The maximum Gasteiger partial charge on any atom is 0.225 e. The van der Waals surface area contributed by atoms with E-state index in [9.17, 15) is 13.6 Å². The number of carbonyl (C=O) groups excluding carboxylic acids is 1. The molecule has 0 aromatic heterocycles. The number of guanidine groups is 1. The van der Waals surface area contributed by atoms with Crippen LogP contribution in [0, 0.1) is 17.6 Å². The normalized spacial score (nSPS) is 29.4. The molecule has 5 nitrogen and oxygen atoms in total. The van der Waals surface area contributed by atoms with Crippen LogP contribution in [0.2, 0.25) is 0 Å². The Morgan fingerprint density at radius 2 is 1.77 bits per heavy atom. The number of nitrogens with zero attached hydrogens (tertiary/aromatic N) is 2. The van der Waals surface area contributed by atoms with Gasteiger partial charge in [-0.15, -0.1) is 0 Å². The van der Waals surface area contributed by atoms with E-state index < -0.39 is 11.6 Å². The number of aliphatic imine (C=N–C) groups is 1. The first-order valence-electron chi connectivity index (χ1n) is 10.9. The molecule has 3 fully saturated rings. The monoisotopic (exact) mass is 436 g/mol. The highest BCUT2D eigenvalue weighted by atomic mass is 32.2. The molecule has 30 heavy (non-hydrogen) atoms. The van der Waals surface area contributed by atoms with E-state index in [-0.39, 0.29) is 29.5 Å². The van der Waals surface area contributed by atoms with Crippen LogP contribution in [0.1, 0.15) is 43.6 Å². The first-order valence-corrected chi connectivity index (χ1v) is 12.0. The molecule has 2 atom stereocenters. The van der Waals surface area contributed by atoms with Crippen molar-refractivity contribution in [1.29, 1.82) is 0 Å². The molecule has 2 aliphatic carbocycles. The lowest BCUT2D eigenvalue weighted by atomic mass is 9.85. The van der Waals surface area contributed by atoms with Gasteiger partial charge in [-0.2, -0.15) is 11.8 Å². The molecule has 1 aromatic carbocycles. The van der Waals surface area contributed by atoms with Crippen LogP contribution >= 0.6 is 11.8 Å². The summed E-state index contributed by atoms with van der Waals surface area (Å²) in [6, 6.07) is 4.26. The Morgan fingerprint density at radius 3 is 2.40 bits per heavy atom. The zero-order valence-electron chi connectivity index (χ0n) is 17.4. The van der Waals surface area contributed by atoms with Crippen molar-refractivity contribution < 1.29 is 13.6 Å². The molecule has 2 unspecified atom stereocenters. The summed E-state index contributed by atoms with van der Waals surface area (Å²) >= 11 is 1.92. The third-order valence-electron chi connectivity index (χ3n) is 6.45. The molecule has 0 spiro atoms. The highest BCUT2D eigenvalue weighted by Gasteiger charge is 2.42. The summed E-state index contributed by atoms with van der Waals surface area (Å²) in [6.45, 7) is 1.76. The van der Waals surface area contributed by atoms with Gasteiger partial charge in [0.05, 0.1) is 0 Å². The largest absolute Gasteiger partial charge is 0.354 e. The Balaban J connectivity index is 1.24. The van der Waals surface area contributed by atoms with Crippen molar-refractivity contribution in [2.75, 3.05) is 31.6 Å². The highest BCUT2D eigenvalue weighted by Crippen LogP contribution is 2.43. The number of carbonyl (C=O) groups is 1. The SMILES string of the molecule is CN=C(NC1CCC(C(=O)N2CCSCC2)CC1)NC1CC1c1c(F)cccc1F. The van der Waals surface area contributed by atoms with Gasteiger partial charge in [0, 0.05) is 61.1 Å². The van der Waals surface area contributed by atoms with E-state index in [1.807, 2.05) is 16.7 Å². The van der Waals surface area contributed by atoms with E-state index in [2.05, 4.69) is 15.6 Å². The molecular formula is C22H30F2N4OS. The Morgan fingerprint density at radius 1 is 1.10 bits per heavy atom. The van der Waals surface area contributed by atoms with Gasteiger partial charge in [0.15, 0.2) is 5.96 Å². The van der Waals surface area contributed by atoms with Gasteiger partial charge in [-0.25, -0.2) is 8.78 Å². The van der Waals surface area contributed by atoms with Crippen LogP contribution in [0.4, 0.5) is 8.78 Å². The number of rotatable bonds is 4. The smallest absolute Gasteiger partial charge is 0.225 e. The second-order valence-corrected chi connectivity index (χ2v) is 9.66. The fourth-order valence-corrected chi connectivity index (χ4v) is 5.51. The maximum atomic E-state index is 14.0. The van der Waals surface area contributed by atoms with Gasteiger partial charge < -0.3 is 15.5 Å². The van der Waals surface area contributed by atoms with Crippen LogP contribution in [0.3, 0.4) is 0 Å². The molecule has 0 radical (unpaired) electrons. The average molecular weight is 437 g/mol. The standard InChI is InChI=1S/C22H30F2N4OS/c1-25-22(27-19-13-16(19)20-17(23)3-2-4-18(20)24)26-15-7-5-14(6-8-15)21(29)28-9-11-30-12-10-28/h2-4,14-16,19H,5-13H2,1H3,(H2,25,26,27). The van der Waals surface area contributed by atoms with E-state index in [0.29, 0.717) is 18.3 Å². The van der Waals surface area contributed by atoms with Gasteiger partial charge in [0.25, 0.3) is 0 Å². The van der Waals surface area contributed by atoms with Crippen LogP contribution in [0.25, 0.3) is 0 Å². The molecule has 164 valence electrons. The van der Waals surface area contributed by atoms with E-state index in [0.717, 1.165) is 50.3 Å². The molecule has 0 bridgehead atoms. The minimum absolute atomic E-state index is 0.0162. The molecule has 3 aliphatic rings. The van der Waals surface area contributed by atoms with Crippen molar-refractivity contribution in [3.63, 3.8) is 0 Å². The van der Waals surface area contributed by atoms with Gasteiger partial charge in [0.1, 0.15) is 11.6 Å².